The summed E-state index contributed by atoms with van der Waals surface area (Å²) in [6.45, 7) is 6.66. The highest BCUT2D eigenvalue weighted by atomic mass is 79.9. The van der Waals surface area contributed by atoms with Gasteiger partial charge in [0.2, 0.25) is 5.89 Å². The van der Waals surface area contributed by atoms with Crippen LogP contribution in [0.25, 0.3) is 0 Å². The van der Waals surface area contributed by atoms with Crippen LogP contribution in [0.4, 0.5) is 0 Å². The average Bonchev–Trinajstić information content (AvgIpc) is 2.66. The van der Waals surface area contributed by atoms with E-state index >= 15 is 0 Å². The fourth-order valence-corrected chi connectivity index (χ4v) is 2.17. The Kier molecular flexibility index (Phi) is 4.19. The van der Waals surface area contributed by atoms with Gasteiger partial charge in [-0.3, -0.25) is 0 Å². The number of hydrogen-bond acceptors (Lipinski definition) is 3. The van der Waals surface area contributed by atoms with E-state index in [-0.39, 0.29) is 6.04 Å². The van der Waals surface area contributed by atoms with E-state index in [0.717, 1.165) is 21.8 Å². The number of oxazole rings is 1. The number of hydrogen-bond donors (Lipinski definition) is 1. The third kappa shape index (κ3) is 3.21. The Bertz CT molecular complexity index is 517. The third-order valence-electron chi connectivity index (χ3n) is 2.98. The summed E-state index contributed by atoms with van der Waals surface area (Å²) in [7, 11) is 0. The quantitative estimate of drug-likeness (QED) is 0.930. The molecule has 0 saturated heterocycles. The summed E-state index contributed by atoms with van der Waals surface area (Å²) in [5, 5.41) is 3.41. The number of halogens is 1. The van der Waals surface area contributed by atoms with E-state index < -0.39 is 0 Å². The summed E-state index contributed by atoms with van der Waals surface area (Å²) in [5.74, 6) is 1.63. The number of rotatable bonds is 4. The molecule has 1 atom stereocenters. The molecule has 0 radical (unpaired) electrons. The van der Waals surface area contributed by atoms with Gasteiger partial charge in [-0.2, -0.15) is 0 Å². The van der Waals surface area contributed by atoms with Crippen molar-refractivity contribution < 1.29 is 4.42 Å². The number of aromatic nitrogens is 1. The summed E-state index contributed by atoms with van der Waals surface area (Å²) in [6.07, 6.45) is 0. The molecule has 2 rings (SSSR count). The van der Waals surface area contributed by atoms with Gasteiger partial charge in [0.15, 0.2) is 0 Å². The summed E-state index contributed by atoms with van der Waals surface area (Å²) in [4.78, 5) is 4.35. The zero-order valence-electron chi connectivity index (χ0n) is 10.8. The molecule has 0 aliphatic rings. The Morgan fingerprint density at radius 2 is 2.17 bits per heavy atom. The monoisotopic (exact) mass is 308 g/mol. The molecule has 0 amide bonds. The Morgan fingerprint density at radius 1 is 1.39 bits per heavy atom. The first-order valence-corrected chi connectivity index (χ1v) is 6.77. The second-order valence-corrected chi connectivity index (χ2v) is 5.32. The van der Waals surface area contributed by atoms with Gasteiger partial charge in [0.1, 0.15) is 5.76 Å². The molecular formula is C14H17BrN2O. The molecule has 0 fully saturated rings. The van der Waals surface area contributed by atoms with Crippen molar-refractivity contribution in [1.29, 1.82) is 0 Å². The van der Waals surface area contributed by atoms with Gasteiger partial charge in [-0.15, -0.1) is 0 Å². The number of nitrogens with zero attached hydrogens (tertiary/aromatic N) is 1. The van der Waals surface area contributed by atoms with Crippen molar-refractivity contribution in [3.05, 3.63) is 51.6 Å². The highest BCUT2D eigenvalue weighted by molar-refractivity contribution is 9.10. The van der Waals surface area contributed by atoms with Crippen molar-refractivity contribution in [1.82, 2.24) is 10.3 Å². The van der Waals surface area contributed by atoms with E-state index in [9.17, 15) is 0 Å². The van der Waals surface area contributed by atoms with Crippen molar-refractivity contribution in [3.63, 3.8) is 0 Å². The molecule has 0 saturated carbocycles. The van der Waals surface area contributed by atoms with Crippen molar-refractivity contribution in [2.45, 2.75) is 33.4 Å². The molecule has 0 aliphatic heterocycles. The van der Waals surface area contributed by atoms with Gasteiger partial charge < -0.3 is 9.73 Å². The molecule has 18 heavy (non-hydrogen) atoms. The van der Waals surface area contributed by atoms with Crippen LogP contribution in [-0.4, -0.2) is 4.98 Å². The maximum absolute atomic E-state index is 5.54. The van der Waals surface area contributed by atoms with Crippen molar-refractivity contribution in [3.8, 4) is 0 Å². The Morgan fingerprint density at radius 3 is 2.78 bits per heavy atom. The van der Waals surface area contributed by atoms with E-state index in [0.29, 0.717) is 6.54 Å². The molecule has 2 aromatic rings. The van der Waals surface area contributed by atoms with Crippen molar-refractivity contribution >= 4 is 15.9 Å². The molecule has 4 heteroatoms. The van der Waals surface area contributed by atoms with Gasteiger partial charge in [-0.1, -0.05) is 28.1 Å². The summed E-state index contributed by atoms with van der Waals surface area (Å²) in [6, 6.07) is 8.54. The molecule has 3 nitrogen and oxygen atoms in total. The molecule has 1 aromatic carbocycles. The lowest BCUT2D eigenvalue weighted by Gasteiger charge is -2.13. The van der Waals surface area contributed by atoms with Crippen LogP contribution < -0.4 is 5.32 Å². The summed E-state index contributed by atoms with van der Waals surface area (Å²) >= 11 is 3.48. The average molecular weight is 309 g/mol. The van der Waals surface area contributed by atoms with Gasteiger partial charge in [-0.05, 0) is 38.5 Å². The van der Waals surface area contributed by atoms with Crippen LogP contribution in [0.1, 0.15) is 35.9 Å². The molecule has 96 valence electrons. The van der Waals surface area contributed by atoms with Crippen LogP contribution in [0.15, 0.2) is 33.2 Å². The Hall–Kier alpha value is -1.13. The smallest absolute Gasteiger partial charge is 0.208 e. The third-order valence-corrected chi connectivity index (χ3v) is 3.47. The highest BCUT2D eigenvalue weighted by Crippen LogP contribution is 2.18. The first kappa shape index (κ1) is 13.3. The van der Waals surface area contributed by atoms with Crippen LogP contribution >= 0.6 is 15.9 Å². The molecule has 0 unspecified atom stereocenters. The standard InChI is InChI=1S/C14H17BrN2O/c1-9-11(3)18-14(17-9)8-16-10(2)12-5-4-6-13(15)7-12/h4-7,10,16H,8H2,1-3H3/t10-/m0/s1. The topological polar surface area (TPSA) is 38.1 Å². The van der Waals surface area contributed by atoms with Crippen LogP contribution in [0.3, 0.4) is 0 Å². The van der Waals surface area contributed by atoms with E-state index in [1.165, 1.54) is 5.56 Å². The Balaban J connectivity index is 1.98. The van der Waals surface area contributed by atoms with E-state index in [1.54, 1.807) is 0 Å². The maximum atomic E-state index is 5.54. The van der Waals surface area contributed by atoms with E-state index in [2.05, 4.69) is 45.3 Å². The van der Waals surface area contributed by atoms with Gasteiger partial charge >= 0.3 is 0 Å². The number of nitrogens with one attached hydrogen (secondary N) is 1. The molecule has 1 heterocycles. The molecule has 0 bridgehead atoms. The van der Waals surface area contributed by atoms with E-state index in [4.69, 9.17) is 4.42 Å². The zero-order chi connectivity index (χ0) is 13.1. The second-order valence-electron chi connectivity index (χ2n) is 4.41. The largest absolute Gasteiger partial charge is 0.444 e. The Labute approximate surface area is 116 Å². The molecular weight excluding hydrogens is 292 g/mol. The molecule has 0 aliphatic carbocycles. The predicted octanol–water partition coefficient (Wildman–Crippen LogP) is 3.90. The van der Waals surface area contributed by atoms with Gasteiger partial charge in [0.05, 0.1) is 12.2 Å². The highest BCUT2D eigenvalue weighted by Gasteiger charge is 2.09. The first-order chi connectivity index (χ1) is 8.56. The van der Waals surface area contributed by atoms with Crippen LogP contribution in [-0.2, 0) is 6.54 Å². The summed E-state index contributed by atoms with van der Waals surface area (Å²) in [5.41, 5.74) is 2.20. The van der Waals surface area contributed by atoms with E-state index in [1.807, 2.05) is 26.0 Å². The predicted molar refractivity (Wildman–Crippen MR) is 75.4 cm³/mol. The minimum absolute atomic E-state index is 0.259. The molecule has 1 N–H and O–H groups in total. The van der Waals surface area contributed by atoms with Crippen LogP contribution in [0.5, 0.6) is 0 Å². The number of benzene rings is 1. The fourth-order valence-electron chi connectivity index (χ4n) is 1.75. The van der Waals surface area contributed by atoms with Gasteiger partial charge in [0, 0.05) is 10.5 Å². The van der Waals surface area contributed by atoms with Crippen molar-refractivity contribution in [2.24, 2.45) is 0 Å². The van der Waals surface area contributed by atoms with Crippen molar-refractivity contribution in [2.75, 3.05) is 0 Å². The van der Waals surface area contributed by atoms with Crippen LogP contribution in [0.2, 0.25) is 0 Å². The fraction of sp³-hybridized carbons (Fsp3) is 0.357. The first-order valence-electron chi connectivity index (χ1n) is 5.98. The summed E-state index contributed by atoms with van der Waals surface area (Å²) < 4.78 is 6.64. The maximum Gasteiger partial charge on any atom is 0.208 e. The lowest BCUT2D eigenvalue weighted by atomic mass is 10.1. The molecule has 0 spiro atoms. The van der Waals surface area contributed by atoms with Gasteiger partial charge in [0.25, 0.3) is 0 Å². The normalized spacial score (nSPS) is 12.7. The zero-order valence-corrected chi connectivity index (χ0v) is 12.4. The lowest BCUT2D eigenvalue weighted by molar-refractivity contribution is 0.432. The SMILES string of the molecule is Cc1nc(CN[C@@H](C)c2cccc(Br)c2)oc1C. The van der Waals surface area contributed by atoms with Gasteiger partial charge in [-0.25, -0.2) is 4.98 Å². The lowest BCUT2D eigenvalue weighted by Crippen LogP contribution is -2.18. The van der Waals surface area contributed by atoms with Crippen LogP contribution in [0, 0.1) is 13.8 Å². The minimum Gasteiger partial charge on any atom is -0.444 e. The second kappa shape index (κ2) is 5.67. The number of aryl methyl sites for hydroxylation is 2. The minimum atomic E-state index is 0.259. The molecule has 1 aromatic heterocycles.